The van der Waals surface area contributed by atoms with E-state index in [0.717, 1.165) is 50.3 Å². The number of hydrogen-bond donors (Lipinski definition) is 2. The van der Waals surface area contributed by atoms with Crippen molar-refractivity contribution in [2.45, 2.75) is 50.7 Å². The lowest BCUT2D eigenvalue weighted by atomic mass is 10.0. The molecule has 10 heteroatoms. The van der Waals surface area contributed by atoms with Gasteiger partial charge in [0.25, 0.3) is 5.91 Å². The standard InChI is InChI=1S/C28H38N6O4/c1-18-28(36)33(3)23-7-8-25(31-26(23)34(18)21-11-15-38-16-12-21)30-22-6-5-19(17-24(22)37-4)27(35)29-20-9-13-32(2)14-10-20/h5-8,17-18,20-21H,9-16H2,1-4H3,(H,29,35)(H,30,31)/t18-/m1/s1. The van der Waals surface area contributed by atoms with Gasteiger partial charge in [0.05, 0.1) is 18.5 Å². The predicted octanol–water partition coefficient (Wildman–Crippen LogP) is 3.01. The molecule has 2 aromatic rings. The summed E-state index contributed by atoms with van der Waals surface area (Å²) in [7, 11) is 5.49. The van der Waals surface area contributed by atoms with Gasteiger partial charge in [-0.05, 0) is 83.1 Å². The molecule has 5 rings (SSSR count). The molecule has 0 spiro atoms. The quantitative estimate of drug-likeness (QED) is 0.598. The fraction of sp³-hybridized carbons (Fsp3) is 0.536. The third-order valence-corrected chi connectivity index (χ3v) is 7.93. The summed E-state index contributed by atoms with van der Waals surface area (Å²) in [5.41, 5.74) is 2.06. The summed E-state index contributed by atoms with van der Waals surface area (Å²) in [4.78, 5) is 37.0. The normalized spacial score (nSPS) is 21.3. The highest BCUT2D eigenvalue weighted by Gasteiger charge is 2.39. The summed E-state index contributed by atoms with van der Waals surface area (Å²) in [6.45, 7) is 5.27. The Morgan fingerprint density at radius 1 is 1.08 bits per heavy atom. The first-order chi connectivity index (χ1) is 18.4. The van der Waals surface area contributed by atoms with Crippen molar-refractivity contribution in [3.63, 3.8) is 0 Å². The number of aromatic nitrogens is 1. The van der Waals surface area contributed by atoms with Crippen molar-refractivity contribution in [2.24, 2.45) is 0 Å². The first-order valence-electron chi connectivity index (χ1n) is 13.4. The highest BCUT2D eigenvalue weighted by Crippen LogP contribution is 2.39. The summed E-state index contributed by atoms with van der Waals surface area (Å²) in [6.07, 6.45) is 3.62. The van der Waals surface area contributed by atoms with Gasteiger partial charge in [-0.3, -0.25) is 9.59 Å². The topological polar surface area (TPSA) is 99.3 Å². The van der Waals surface area contributed by atoms with Crippen LogP contribution in [0.2, 0.25) is 0 Å². The number of fused-ring (bicyclic) bond motifs is 1. The molecule has 10 nitrogen and oxygen atoms in total. The van der Waals surface area contributed by atoms with Gasteiger partial charge in [-0.2, -0.15) is 0 Å². The molecule has 2 N–H and O–H groups in total. The van der Waals surface area contributed by atoms with Gasteiger partial charge in [0.1, 0.15) is 17.6 Å². The molecule has 1 atom stereocenters. The van der Waals surface area contributed by atoms with Gasteiger partial charge in [-0.25, -0.2) is 4.98 Å². The van der Waals surface area contributed by atoms with Crippen molar-refractivity contribution in [2.75, 3.05) is 62.6 Å². The molecule has 0 unspecified atom stereocenters. The SMILES string of the molecule is COc1cc(C(=O)NC2CCN(C)CC2)ccc1Nc1ccc2c(n1)N(C1CCOCC1)[C@H](C)C(=O)N2C. The molecule has 1 aromatic carbocycles. The van der Waals surface area contributed by atoms with Crippen LogP contribution in [0.1, 0.15) is 43.0 Å². The Labute approximate surface area is 224 Å². The number of carbonyl (C=O) groups is 2. The van der Waals surface area contributed by atoms with Crippen LogP contribution in [-0.2, 0) is 9.53 Å². The lowest BCUT2D eigenvalue weighted by Crippen LogP contribution is -2.56. The molecule has 0 radical (unpaired) electrons. The lowest BCUT2D eigenvalue weighted by Gasteiger charge is -2.44. The number of anilines is 4. The number of hydrogen-bond acceptors (Lipinski definition) is 8. The number of amides is 2. The van der Waals surface area contributed by atoms with Gasteiger partial charge < -0.3 is 34.8 Å². The number of likely N-dealkylation sites (N-methyl/N-ethyl adjacent to an activating group) is 1. The zero-order chi connectivity index (χ0) is 26.8. The molecule has 2 fully saturated rings. The van der Waals surface area contributed by atoms with Crippen LogP contribution >= 0.6 is 0 Å². The Morgan fingerprint density at radius 2 is 1.82 bits per heavy atom. The molecule has 4 heterocycles. The molecule has 0 bridgehead atoms. The number of methoxy groups -OCH3 is 1. The smallest absolute Gasteiger partial charge is 0.251 e. The van der Waals surface area contributed by atoms with Gasteiger partial charge in [0.15, 0.2) is 5.82 Å². The Hall–Kier alpha value is -3.37. The van der Waals surface area contributed by atoms with Crippen molar-refractivity contribution in [1.82, 2.24) is 15.2 Å². The van der Waals surface area contributed by atoms with Crippen molar-refractivity contribution >= 4 is 34.8 Å². The summed E-state index contributed by atoms with van der Waals surface area (Å²) < 4.78 is 11.2. The first-order valence-corrected chi connectivity index (χ1v) is 13.4. The maximum absolute atomic E-state index is 13.0. The minimum absolute atomic E-state index is 0.0577. The van der Waals surface area contributed by atoms with E-state index >= 15 is 0 Å². The molecular formula is C28H38N6O4. The number of likely N-dealkylation sites (tertiary alicyclic amines) is 1. The molecule has 2 amide bonds. The first kappa shape index (κ1) is 26.2. The second-order valence-electron chi connectivity index (χ2n) is 10.5. The van der Waals surface area contributed by atoms with Crippen molar-refractivity contribution in [3.05, 3.63) is 35.9 Å². The minimum atomic E-state index is -0.310. The molecule has 0 aliphatic carbocycles. The van der Waals surface area contributed by atoms with Crippen LogP contribution in [0.15, 0.2) is 30.3 Å². The molecule has 2 saturated heterocycles. The number of carbonyl (C=O) groups excluding carboxylic acids is 2. The van der Waals surface area contributed by atoms with Crippen LogP contribution in [0.5, 0.6) is 5.75 Å². The average Bonchev–Trinajstić information content (AvgIpc) is 2.94. The van der Waals surface area contributed by atoms with Gasteiger partial charge in [-0.15, -0.1) is 0 Å². The van der Waals surface area contributed by atoms with E-state index in [9.17, 15) is 9.59 Å². The highest BCUT2D eigenvalue weighted by atomic mass is 16.5. The maximum Gasteiger partial charge on any atom is 0.251 e. The zero-order valence-corrected chi connectivity index (χ0v) is 22.7. The number of nitrogens with one attached hydrogen (secondary N) is 2. The monoisotopic (exact) mass is 522 g/mol. The van der Waals surface area contributed by atoms with E-state index in [1.807, 2.05) is 25.1 Å². The van der Waals surface area contributed by atoms with E-state index in [0.29, 0.717) is 36.0 Å². The number of nitrogens with zero attached hydrogens (tertiary/aromatic N) is 4. The third kappa shape index (κ3) is 5.28. The maximum atomic E-state index is 13.0. The lowest BCUT2D eigenvalue weighted by molar-refractivity contribution is -0.119. The largest absolute Gasteiger partial charge is 0.495 e. The molecule has 3 aliphatic rings. The molecule has 204 valence electrons. The summed E-state index contributed by atoms with van der Waals surface area (Å²) in [5, 5.41) is 6.52. The Bertz CT molecular complexity index is 1180. The molecular weight excluding hydrogens is 484 g/mol. The second kappa shape index (κ2) is 11.2. The fourth-order valence-corrected chi connectivity index (χ4v) is 5.61. The molecule has 38 heavy (non-hydrogen) atoms. The number of piperidine rings is 1. The summed E-state index contributed by atoms with van der Waals surface area (Å²) >= 11 is 0. The fourth-order valence-electron chi connectivity index (χ4n) is 5.61. The van der Waals surface area contributed by atoms with E-state index in [4.69, 9.17) is 14.5 Å². The number of ether oxygens (including phenoxy) is 2. The van der Waals surface area contributed by atoms with E-state index in [-0.39, 0.29) is 29.9 Å². The zero-order valence-electron chi connectivity index (χ0n) is 22.7. The summed E-state index contributed by atoms with van der Waals surface area (Å²) in [6, 6.07) is 9.26. The van der Waals surface area contributed by atoms with E-state index in [1.165, 1.54) is 0 Å². The van der Waals surface area contributed by atoms with Gasteiger partial charge >= 0.3 is 0 Å². The molecule has 3 aliphatic heterocycles. The van der Waals surface area contributed by atoms with Crippen LogP contribution in [0.25, 0.3) is 0 Å². The summed E-state index contributed by atoms with van der Waals surface area (Å²) in [5.74, 6) is 1.94. The van der Waals surface area contributed by atoms with Crippen molar-refractivity contribution < 1.29 is 19.1 Å². The molecule has 1 aromatic heterocycles. The third-order valence-electron chi connectivity index (χ3n) is 7.93. The Kier molecular flexibility index (Phi) is 7.71. The van der Waals surface area contributed by atoms with E-state index in [1.54, 1.807) is 31.2 Å². The second-order valence-corrected chi connectivity index (χ2v) is 10.5. The van der Waals surface area contributed by atoms with Crippen LogP contribution in [0.4, 0.5) is 23.0 Å². The van der Waals surface area contributed by atoms with Gasteiger partial charge in [-0.1, -0.05) is 0 Å². The number of pyridine rings is 1. The van der Waals surface area contributed by atoms with Crippen LogP contribution in [-0.4, -0.2) is 87.3 Å². The Balaban J connectivity index is 1.36. The van der Waals surface area contributed by atoms with E-state index in [2.05, 4.69) is 27.5 Å². The van der Waals surface area contributed by atoms with Gasteiger partial charge in [0.2, 0.25) is 5.91 Å². The van der Waals surface area contributed by atoms with Crippen LogP contribution in [0.3, 0.4) is 0 Å². The number of rotatable bonds is 6. The van der Waals surface area contributed by atoms with Gasteiger partial charge in [0, 0.05) is 37.9 Å². The van der Waals surface area contributed by atoms with Crippen LogP contribution in [0, 0.1) is 0 Å². The van der Waals surface area contributed by atoms with Crippen molar-refractivity contribution in [1.29, 1.82) is 0 Å². The number of benzene rings is 1. The Morgan fingerprint density at radius 3 is 2.53 bits per heavy atom. The minimum Gasteiger partial charge on any atom is -0.495 e. The highest BCUT2D eigenvalue weighted by molar-refractivity contribution is 6.04. The van der Waals surface area contributed by atoms with E-state index < -0.39 is 0 Å². The predicted molar refractivity (Wildman–Crippen MR) is 148 cm³/mol. The van der Waals surface area contributed by atoms with Crippen LogP contribution < -0.4 is 25.2 Å². The molecule has 0 saturated carbocycles. The average molecular weight is 523 g/mol. The van der Waals surface area contributed by atoms with Crippen molar-refractivity contribution in [3.8, 4) is 5.75 Å².